The Hall–Kier alpha value is -0.250. The summed E-state index contributed by atoms with van der Waals surface area (Å²) in [5, 5.41) is 3.21. The maximum Gasteiger partial charge on any atom is 0.391 e. The Bertz CT molecular complexity index is 203. The van der Waals surface area contributed by atoms with E-state index in [9.17, 15) is 13.2 Å². The van der Waals surface area contributed by atoms with Crippen molar-refractivity contribution in [2.24, 2.45) is 11.8 Å². The number of halogens is 3. The molecule has 1 saturated heterocycles. The van der Waals surface area contributed by atoms with Gasteiger partial charge in [0.25, 0.3) is 0 Å². The summed E-state index contributed by atoms with van der Waals surface area (Å²) in [6, 6.07) is 0.0573. The van der Waals surface area contributed by atoms with Crippen molar-refractivity contribution in [1.29, 1.82) is 0 Å². The highest BCUT2D eigenvalue weighted by Crippen LogP contribution is 2.35. The number of piperidine rings is 1. The van der Waals surface area contributed by atoms with E-state index in [2.05, 4.69) is 19.2 Å². The van der Waals surface area contributed by atoms with Gasteiger partial charge in [0.2, 0.25) is 0 Å². The minimum absolute atomic E-state index is 0.0573. The van der Waals surface area contributed by atoms with Gasteiger partial charge in [-0.25, -0.2) is 0 Å². The van der Waals surface area contributed by atoms with Crippen LogP contribution in [-0.2, 0) is 0 Å². The maximum atomic E-state index is 12.6. The van der Waals surface area contributed by atoms with Gasteiger partial charge in [0.15, 0.2) is 0 Å². The van der Waals surface area contributed by atoms with Crippen LogP contribution in [0.5, 0.6) is 0 Å². The molecule has 1 rings (SSSR count). The zero-order valence-electron chi connectivity index (χ0n) is 10.1. The summed E-state index contributed by atoms with van der Waals surface area (Å²) in [5.41, 5.74) is 0. The molecule has 1 fully saturated rings. The van der Waals surface area contributed by atoms with Crippen LogP contribution in [0.3, 0.4) is 0 Å². The lowest BCUT2D eigenvalue weighted by Gasteiger charge is -2.33. The van der Waals surface area contributed by atoms with Crippen molar-refractivity contribution in [3.05, 3.63) is 0 Å². The van der Waals surface area contributed by atoms with E-state index in [1.807, 2.05) is 0 Å². The number of alkyl halides is 3. The predicted octanol–water partition coefficient (Wildman–Crippen LogP) is 3.74. The van der Waals surface area contributed by atoms with Crippen molar-refractivity contribution in [2.75, 3.05) is 6.54 Å². The van der Waals surface area contributed by atoms with Gasteiger partial charge in [-0.3, -0.25) is 0 Å². The van der Waals surface area contributed by atoms with Crippen molar-refractivity contribution in [2.45, 2.75) is 58.2 Å². The molecule has 0 radical (unpaired) electrons. The number of rotatable bonds is 4. The van der Waals surface area contributed by atoms with Crippen LogP contribution in [-0.4, -0.2) is 18.8 Å². The molecule has 0 aromatic carbocycles. The number of hydrogen-bond acceptors (Lipinski definition) is 1. The van der Waals surface area contributed by atoms with Crippen LogP contribution in [0.25, 0.3) is 0 Å². The molecule has 1 heterocycles. The number of hydrogen-bond donors (Lipinski definition) is 1. The highest BCUT2D eigenvalue weighted by Gasteiger charge is 2.42. The third-order valence-corrected chi connectivity index (χ3v) is 3.43. The molecule has 3 atom stereocenters. The zero-order valence-corrected chi connectivity index (χ0v) is 10.1. The standard InChI is InChI=1S/C12H22F3N/c1-3-4-9(2)7-11-8-10(5-6-16-11)12(13,14)15/h9-11,16H,3-8H2,1-2H3. The molecule has 1 aliphatic rings. The molecular weight excluding hydrogens is 215 g/mol. The van der Waals surface area contributed by atoms with Crippen LogP contribution in [0.15, 0.2) is 0 Å². The number of nitrogens with one attached hydrogen (secondary N) is 1. The second-order valence-corrected chi connectivity index (χ2v) is 5.04. The summed E-state index contributed by atoms with van der Waals surface area (Å²) in [4.78, 5) is 0. The van der Waals surface area contributed by atoms with Crippen LogP contribution in [0.1, 0.15) is 46.0 Å². The lowest BCUT2D eigenvalue weighted by atomic mass is 9.86. The largest absolute Gasteiger partial charge is 0.391 e. The van der Waals surface area contributed by atoms with Crippen molar-refractivity contribution in [1.82, 2.24) is 5.32 Å². The molecule has 4 heteroatoms. The van der Waals surface area contributed by atoms with E-state index in [1.165, 1.54) is 0 Å². The molecule has 1 aliphatic heterocycles. The van der Waals surface area contributed by atoms with Crippen molar-refractivity contribution in [3.63, 3.8) is 0 Å². The topological polar surface area (TPSA) is 12.0 Å². The Morgan fingerprint density at radius 2 is 2.06 bits per heavy atom. The Morgan fingerprint density at radius 3 is 2.62 bits per heavy atom. The average Bonchev–Trinajstić information content (AvgIpc) is 2.17. The molecule has 0 saturated carbocycles. The van der Waals surface area contributed by atoms with Gasteiger partial charge in [0, 0.05) is 6.04 Å². The fraction of sp³-hybridized carbons (Fsp3) is 1.00. The molecular formula is C12H22F3N. The van der Waals surface area contributed by atoms with E-state index in [4.69, 9.17) is 0 Å². The summed E-state index contributed by atoms with van der Waals surface area (Å²) >= 11 is 0. The zero-order chi connectivity index (χ0) is 12.2. The maximum absolute atomic E-state index is 12.6. The Balaban J connectivity index is 2.39. The van der Waals surface area contributed by atoms with Gasteiger partial charge in [-0.15, -0.1) is 0 Å². The second kappa shape index (κ2) is 5.89. The van der Waals surface area contributed by atoms with Crippen LogP contribution < -0.4 is 5.32 Å². The Kier molecular flexibility index (Phi) is 5.09. The van der Waals surface area contributed by atoms with Crippen molar-refractivity contribution < 1.29 is 13.2 Å². The van der Waals surface area contributed by atoms with Gasteiger partial charge in [0.1, 0.15) is 0 Å². The Morgan fingerprint density at radius 1 is 1.38 bits per heavy atom. The first-order valence-electron chi connectivity index (χ1n) is 6.23. The van der Waals surface area contributed by atoms with Crippen LogP contribution >= 0.6 is 0 Å². The predicted molar refractivity (Wildman–Crippen MR) is 59.3 cm³/mol. The summed E-state index contributed by atoms with van der Waals surface area (Å²) < 4.78 is 37.7. The van der Waals surface area contributed by atoms with E-state index < -0.39 is 12.1 Å². The van der Waals surface area contributed by atoms with Crippen molar-refractivity contribution in [3.8, 4) is 0 Å². The van der Waals surface area contributed by atoms with Crippen LogP contribution in [0, 0.1) is 11.8 Å². The van der Waals surface area contributed by atoms with Crippen LogP contribution in [0.2, 0.25) is 0 Å². The molecule has 0 spiro atoms. The summed E-state index contributed by atoms with van der Waals surface area (Å²) in [6.45, 7) is 4.75. The fourth-order valence-electron chi connectivity index (χ4n) is 2.58. The van der Waals surface area contributed by atoms with Gasteiger partial charge >= 0.3 is 6.18 Å². The van der Waals surface area contributed by atoms with E-state index in [-0.39, 0.29) is 18.9 Å². The highest BCUT2D eigenvalue weighted by molar-refractivity contribution is 4.83. The molecule has 96 valence electrons. The summed E-state index contributed by atoms with van der Waals surface area (Å²) in [6.07, 6.45) is -0.417. The minimum Gasteiger partial charge on any atom is -0.314 e. The smallest absolute Gasteiger partial charge is 0.314 e. The van der Waals surface area contributed by atoms with Gasteiger partial charge in [-0.2, -0.15) is 13.2 Å². The third kappa shape index (κ3) is 4.32. The molecule has 1 nitrogen and oxygen atoms in total. The average molecular weight is 237 g/mol. The first-order chi connectivity index (χ1) is 7.43. The van der Waals surface area contributed by atoms with Gasteiger partial charge in [0.05, 0.1) is 5.92 Å². The molecule has 1 N–H and O–H groups in total. The quantitative estimate of drug-likeness (QED) is 0.785. The Labute approximate surface area is 95.8 Å². The monoisotopic (exact) mass is 237 g/mol. The molecule has 3 unspecified atom stereocenters. The molecule has 0 aliphatic carbocycles. The van der Waals surface area contributed by atoms with Gasteiger partial charge < -0.3 is 5.32 Å². The second-order valence-electron chi connectivity index (χ2n) is 5.04. The lowest BCUT2D eigenvalue weighted by Crippen LogP contribution is -2.43. The lowest BCUT2D eigenvalue weighted by molar-refractivity contribution is -0.183. The van der Waals surface area contributed by atoms with E-state index >= 15 is 0 Å². The molecule has 0 aromatic heterocycles. The first-order valence-corrected chi connectivity index (χ1v) is 6.23. The molecule has 0 amide bonds. The van der Waals surface area contributed by atoms with E-state index in [0.29, 0.717) is 12.5 Å². The molecule has 0 bridgehead atoms. The summed E-state index contributed by atoms with van der Waals surface area (Å²) in [5.74, 6) is -0.568. The molecule has 16 heavy (non-hydrogen) atoms. The highest BCUT2D eigenvalue weighted by atomic mass is 19.4. The van der Waals surface area contributed by atoms with Gasteiger partial charge in [-0.1, -0.05) is 26.7 Å². The normalized spacial score (nSPS) is 29.1. The van der Waals surface area contributed by atoms with Gasteiger partial charge in [-0.05, 0) is 31.7 Å². The SMILES string of the molecule is CCCC(C)CC1CC(C(F)(F)F)CCN1. The third-order valence-electron chi connectivity index (χ3n) is 3.43. The van der Waals surface area contributed by atoms with Crippen LogP contribution in [0.4, 0.5) is 13.2 Å². The first kappa shape index (κ1) is 13.8. The summed E-state index contributed by atoms with van der Waals surface area (Å²) in [7, 11) is 0. The minimum atomic E-state index is -4.01. The molecule has 0 aromatic rings. The van der Waals surface area contributed by atoms with E-state index in [1.54, 1.807) is 0 Å². The van der Waals surface area contributed by atoms with Crippen molar-refractivity contribution >= 4 is 0 Å². The fourth-order valence-corrected chi connectivity index (χ4v) is 2.58. The van der Waals surface area contributed by atoms with E-state index in [0.717, 1.165) is 19.3 Å².